The second-order valence-corrected chi connectivity index (χ2v) is 13.5. The molecule has 1 N–H and O–H groups in total. The maximum Gasteiger partial charge on any atom is 0.310 e. The van der Waals surface area contributed by atoms with Gasteiger partial charge in [0.1, 0.15) is 6.04 Å². The molecule has 2 bridgehead atoms. The number of ether oxygens (including phenoxy) is 2. The molecule has 4 fully saturated rings. The Bertz CT molecular complexity index is 958. The summed E-state index contributed by atoms with van der Waals surface area (Å²) in [5.74, 6) is -1.82. The third-order valence-corrected chi connectivity index (χ3v) is 11.5. The molecule has 0 aliphatic carbocycles. The van der Waals surface area contributed by atoms with Crippen LogP contribution in [0.4, 0.5) is 0 Å². The van der Waals surface area contributed by atoms with Gasteiger partial charge >= 0.3 is 5.97 Å². The number of nitrogens with zero attached hydrogens (tertiary/aromatic N) is 3. The quantitative estimate of drug-likeness (QED) is 0.166. The molecule has 10 heteroatoms. The van der Waals surface area contributed by atoms with Crippen molar-refractivity contribution in [1.29, 1.82) is 0 Å². The van der Waals surface area contributed by atoms with E-state index in [9.17, 15) is 19.5 Å². The molecule has 9 nitrogen and oxygen atoms in total. The van der Waals surface area contributed by atoms with Crippen molar-refractivity contribution < 1.29 is 29.0 Å². The smallest absolute Gasteiger partial charge is 0.310 e. The number of rotatable bonds is 16. The van der Waals surface area contributed by atoms with Crippen LogP contribution >= 0.6 is 11.8 Å². The zero-order chi connectivity index (χ0) is 29.6. The van der Waals surface area contributed by atoms with E-state index in [0.717, 1.165) is 45.2 Å². The third kappa shape index (κ3) is 6.40. The fourth-order valence-corrected chi connectivity index (χ4v) is 9.36. The van der Waals surface area contributed by atoms with Gasteiger partial charge < -0.3 is 24.4 Å². The number of esters is 1. The van der Waals surface area contributed by atoms with Gasteiger partial charge in [0.05, 0.1) is 49.1 Å². The second kappa shape index (κ2) is 14.5. The van der Waals surface area contributed by atoms with E-state index in [2.05, 4.69) is 18.1 Å². The Labute approximate surface area is 249 Å². The lowest BCUT2D eigenvalue weighted by Crippen LogP contribution is -2.59. The third-order valence-electron chi connectivity index (χ3n) is 9.59. The van der Waals surface area contributed by atoms with Crippen molar-refractivity contribution in [3.8, 4) is 0 Å². The number of likely N-dealkylation sites (tertiary alicyclic amines) is 1. The Hall–Kier alpha value is -1.88. The SMILES string of the molecule is C=CCCCCOC(=O)[C@@H]1[C@H]2C(=O)N([C@@H](CO)[C@@H](C)CC)C(C(=O)N(CC=C)CCN3CCOCC3)C23CC[C@H]1S3. The molecule has 4 saturated heterocycles. The molecule has 0 aromatic carbocycles. The molecule has 0 saturated carbocycles. The lowest BCUT2D eigenvalue weighted by Gasteiger charge is -2.41. The summed E-state index contributed by atoms with van der Waals surface area (Å²) in [4.78, 5) is 48.3. The van der Waals surface area contributed by atoms with Crippen molar-refractivity contribution in [2.45, 2.75) is 74.5 Å². The monoisotopic (exact) mass is 591 g/mol. The molecule has 230 valence electrons. The number of hydrogen-bond donors (Lipinski definition) is 1. The maximum absolute atomic E-state index is 14.6. The van der Waals surface area contributed by atoms with Gasteiger partial charge in [-0.2, -0.15) is 0 Å². The number of allylic oxidation sites excluding steroid dienone is 1. The topological polar surface area (TPSA) is 99.6 Å². The molecule has 41 heavy (non-hydrogen) atoms. The van der Waals surface area contributed by atoms with Gasteiger partial charge in [-0.25, -0.2) is 0 Å². The molecule has 7 atom stereocenters. The summed E-state index contributed by atoms with van der Waals surface area (Å²) in [6.45, 7) is 16.4. The van der Waals surface area contributed by atoms with Crippen molar-refractivity contribution in [3.63, 3.8) is 0 Å². The van der Waals surface area contributed by atoms with Gasteiger partial charge in [-0.15, -0.1) is 24.9 Å². The van der Waals surface area contributed by atoms with Crippen LogP contribution in [0, 0.1) is 17.8 Å². The normalized spacial score (nSPS) is 30.6. The van der Waals surface area contributed by atoms with Crippen molar-refractivity contribution in [3.05, 3.63) is 25.3 Å². The molecule has 4 aliphatic heterocycles. The molecule has 4 heterocycles. The predicted octanol–water partition coefficient (Wildman–Crippen LogP) is 2.73. The lowest BCUT2D eigenvalue weighted by atomic mass is 9.71. The first-order chi connectivity index (χ1) is 19.8. The van der Waals surface area contributed by atoms with E-state index in [1.54, 1.807) is 22.7 Å². The fraction of sp³-hybridized carbons (Fsp3) is 0.774. The van der Waals surface area contributed by atoms with E-state index in [1.807, 2.05) is 24.8 Å². The number of aliphatic hydroxyl groups is 1. The number of thioether (sulfide) groups is 1. The minimum Gasteiger partial charge on any atom is -0.465 e. The summed E-state index contributed by atoms with van der Waals surface area (Å²) in [6.07, 6.45) is 8.32. The molecule has 0 radical (unpaired) electrons. The average molecular weight is 592 g/mol. The molecule has 1 spiro atoms. The Morgan fingerprint density at radius 2 is 2.02 bits per heavy atom. The number of hydrogen-bond acceptors (Lipinski definition) is 8. The van der Waals surface area contributed by atoms with Gasteiger partial charge in [-0.3, -0.25) is 19.3 Å². The Morgan fingerprint density at radius 1 is 1.27 bits per heavy atom. The number of unbranched alkanes of at least 4 members (excludes halogenated alkanes) is 2. The molecule has 0 aromatic heterocycles. The van der Waals surface area contributed by atoms with Crippen LogP contribution in [0.3, 0.4) is 0 Å². The predicted molar refractivity (Wildman–Crippen MR) is 160 cm³/mol. The lowest BCUT2D eigenvalue weighted by molar-refractivity contribution is -0.155. The van der Waals surface area contributed by atoms with Crippen LogP contribution in [0.1, 0.15) is 52.4 Å². The summed E-state index contributed by atoms with van der Waals surface area (Å²) < 4.78 is 10.5. The van der Waals surface area contributed by atoms with E-state index < -0.39 is 28.7 Å². The minimum absolute atomic E-state index is 0.00635. The maximum atomic E-state index is 14.6. The van der Waals surface area contributed by atoms with E-state index in [4.69, 9.17) is 9.47 Å². The average Bonchev–Trinajstić information content (AvgIpc) is 3.63. The van der Waals surface area contributed by atoms with Gasteiger partial charge in [0, 0.05) is 38.0 Å². The number of aliphatic hydroxyl groups excluding tert-OH is 1. The van der Waals surface area contributed by atoms with E-state index in [1.165, 1.54) is 0 Å². The minimum atomic E-state index is -0.740. The van der Waals surface area contributed by atoms with Crippen molar-refractivity contribution >= 4 is 29.5 Å². The van der Waals surface area contributed by atoms with Crippen LogP contribution < -0.4 is 0 Å². The van der Waals surface area contributed by atoms with E-state index >= 15 is 0 Å². The van der Waals surface area contributed by atoms with Gasteiger partial charge in [0.25, 0.3) is 0 Å². The van der Waals surface area contributed by atoms with Crippen LogP contribution in [0.15, 0.2) is 25.3 Å². The van der Waals surface area contributed by atoms with Gasteiger partial charge in [-0.05, 0) is 38.0 Å². The zero-order valence-corrected chi connectivity index (χ0v) is 25.7. The summed E-state index contributed by atoms with van der Waals surface area (Å²) in [5.41, 5.74) is 0. The Balaban J connectivity index is 1.62. The number of carbonyl (C=O) groups is 3. The summed E-state index contributed by atoms with van der Waals surface area (Å²) in [7, 11) is 0. The number of carbonyl (C=O) groups excluding carboxylic acids is 3. The van der Waals surface area contributed by atoms with Crippen LogP contribution in [0.5, 0.6) is 0 Å². The van der Waals surface area contributed by atoms with Gasteiger partial charge in [0.15, 0.2) is 0 Å². The zero-order valence-electron chi connectivity index (χ0n) is 24.9. The standard InChI is InChI=1S/C31H49N3O6S/c1-5-8-9-10-18-40-30(38)25-24-11-12-31(41-24)26(25)28(36)34(23(21-35)22(4)7-3)27(31)29(37)33(13-6-2)15-14-32-16-19-39-20-17-32/h5-6,22-27,35H,1-2,7-21H2,3-4H3/t22-,23-,24+,25-,26-,27?,31?/m0/s1. The number of fused-ring (bicyclic) bond motifs is 1. The van der Waals surface area contributed by atoms with Crippen LogP contribution in [-0.4, -0.2) is 119 Å². The summed E-state index contributed by atoms with van der Waals surface area (Å²) in [5, 5.41) is 10.5. The first-order valence-corrected chi connectivity index (χ1v) is 16.3. The number of morpholine rings is 1. The molecular weight excluding hydrogens is 542 g/mol. The van der Waals surface area contributed by atoms with E-state index in [-0.39, 0.29) is 35.6 Å². The molecule has 2 amide bonds. The molecule has 0 aromatic rings. The van der Waals surface area contributed by atoms with Crippen LogP contribution in [-0.2, 0) is 23.9 Å². The largest absolute Gasteiger partial charge is 0.465 e. The van der Waals surface area contributed by atoms with E-state index in [0.29, 0.717) is 45.9 Å². The molecular formula is C31H49N3O6S. The van der Waals surface area contributed by atoms with Crippen molar-refractivity contribution in [1.82, 2.24) is 14.7 Å². The Morgan fingerprint density at radius 3 is 2.68 bits per heavy atom. The summed E-state index contributed by atoms with van der Waals surface area (Å²) in [6, 6.07) is -1.24. The Kier molecular flexibility index (Phi) is 11.4. The molecule has 4 rings (SSSR count). The van der Waals surface area contributed by atoms with Crippen LogP contribution in [0.2, 0.25) is 0 Å². The van der Waals surface area contributed by atoms with Gasteiger partial charge in [-0.1, -0.05) is 32.4 Å². The van der Waals surface area contributed by atoms with Gasteiger partial charge in [0.2, 0.25) is 11.8 Å². The highest BCUT2D eigenvalue weighted by molar-refractivity contribution is 8.02. The first kappa shape index (κ1) is 32.0. The second-order valence-electron chi connectivity index (χ2n) is 11.9. The van der Waals surface area contributed by atoms with Crippen LogP contribution in [0.25, 0.3) is 0 Å². The van der Waals surface area contributed by atoms with Crippen molar-refractivity contribution in [2.75, 3.05) is 59.2 Å². The summed E-state index contributed by atoms with van der Waals surface area (Å²) >= 11 is 1.65. The molecule has 2 unspecified atom stereocenters. The molecule has 4 aliphatic rings. The van der Waals surface area contributed by atoms with Crippen molar-refractivity contribution in [2.24, 2.45) is 17.8 Å². The highest BCUT2D eigenvalue weighted by Crippen LogP contribution is 2.67. The highest BCUT2D eigenvalue weighted by Gasteiger charge is 2.75. The highest BCUT2D eigenvalue weighted by atomic mass is 32.2. The fourth-order valence-electron chi connectivity index (χ4n) is 7.18. The first-order valence-electron chi connectivity index (χ1n) is 15.4. The number of amides is 2.